The highest BCUT2D eigenvalue weighted by Crippen LogP contribution is 2.45. The van der Waals surface area contributed by atoms with Gasteiger partial charge in [-0.15, -0.1) is 0 Å². The van der Waals surface area contributed by atoms with Crippen LogP contribution in [0.1, 0.15) is 35.0 Å². The fourth-order valence-corrected chi connectivity index (χ4v) is 3.55. The van der Waals surface area contributed by atoms with E-state index in [9.17, 15) is 14.7 Å². The van der Waals surface area contributed by atoms with Gasteiger partial charge in [0.1, 0.15) is 17.3 Å². The van der Waals surface area contributed by atoms with E-state index in [0.717, 1.165) is 0 Å². The molecule has 0 fully saturated rings. The van der Waals surface area contributed by atoms with E-state index in [4.69, 9.17) is 23.0 Å². The van der Waals surface area contributed by atoms with Crippen molar-refractivity contribution in [2.45, 2.75) is 25.8 Å². The molecule has 1 unspecified atom stereocenters. The molecule has 2 heterocycles. The Kier molecular flexibility index (Phi) is 7.09. The lowest BCUT2D eigenvalue weighted by Crippen LogP contribution is -2.26. The van der Waals surface area contributed by atoms with Crippen LogP contribution in [0, 0.1) is 6.92 Å². The predicted molar refractivity (Wildman–Crippen MR) is 114 cm³/mol. The van der Waals surface area contributed by atoms with Gasteiger partial charge >= 0.3 is 5.63 Å². The van der Waals surface area contributed by atoms with Crippen molar-refractivity contribution in [3.05, 3.63) is 69.7 Å². The molecule has 0 saturated heterocycles. The molecule has 2 aromatic heterocycles. The second-order valence-corrected chi connectivity index (χ2v) is 6.98. The lowest BCUT2D eigenvalue weighted by Gasteiger charge is -2.22. The number of carbonyl (C=O) groups is 1. The van der Waals surface area contributed by atoms with Gasteiger partial charge in [-0.2, -0.15) is 0 Å². The summed E-state index contributed by atoms with van der Waals surface area (Å²) in [5.74, 6) is 0.266. The fraction of sp³-hybridized carbons (Fsp3) is 0.304. The highest BCUT2D eigenvalue weighted by atomic mass is 16.5. The van der Waals surface area contributed by atoms with Crippen molar-refractivity contribution in [3.8, 4) is 23.0 Å². The van der Waals surface area contributed by atoms with E-state index in [1.807, 2.05) is 0 Å². The zero-order valence-corrected chi connectivity index (χ0v) is 18.3. The molecule has 1 amide bonds. The second-order valence-electron chi connectivity index (χ2n) is 6.98. The lowest BCUT2D eigenvalue weighted by atomic mass is 9.87. The van der Waals surface area contributed by atoms with E-state index in [0.29, 0.717) is 22.8 Å². The smallest absolute Gasteiger partial charge is 0.343 e. The van der Waals surface area contributed by atoms with Crippen LogP contribution in [0.5, 0.6) is 23.0 Å². The molecule has 32 heavy (non-hydrogen) atoms. The van der Waals surface area contributed by atoms with E-state index in [-0.39, 0.29) is 41.7 Å². The Morgan fingerprint density at radius 3 is 2.47 bits per heavy atom. The van der Waals surface area contributed by atoms with Crippen molar-refractivity contribution in [2.24, 2.45) is 0 Å². The average Bonchev–Trinajstić information content (AvgIpc) is 3.28. The number of aryl methyl sites for hydroxylation is 1. The van der Waals surface area contributed by atoms with Crippen molar-refractivity contribution >= 4 is 5.91 Å². The summed E-state index contributed by atoms with van der Waals surface area (Å²) in [5, 5.41) is 13.3. The van der Waals surface area contributed by atoms with Gasteiger partial charge in [0.15, 0.2) is 11.5 Å². The van der Waals surface area contributed by atoms with E-state index in [1.54, 1.807) is 31.2 Å². The molecule has 1 aromatic carbocycles. The van der Waals surface area contributed by atoms with Crippen LogP contribution >= 0.6 is 0 Å². The maximum atomic E-state index is 12.8. The van der Waals surface area contributed by atoms with Crippen molar-refractivity contribution in [1.29, 1.82) is 0 Å². The molecule has 0 bridgehead atoms. The highest BCUT2D eigenvalue weighted by Gasteiger charge is 2.30. The summed E-state index contributed by atoms with van der Waals surface area (Å²) in [4.78, 5) is 25.5. The summed E-state index contributed by atoms with van der Waals surface area (Å²) in [6.07, 6.45) is 1.34. The number of aromatic hydroxyl groups is 1. The molecule has 1 atom stereocenters. The number of carbonyl (C=O) groups excluding carboxylic acids is 1. The lowest BCUT2D eigenvalue weighted by molar-refractivity contribution is -0.121. The first kappa shape index (κ1) is 22.8. The number of hydrogen-bond donors (Lipinski definition) is 2. The van der Waals surface area contributed by atoms with Crippen molar-refractivity contribution < 1.29 is 32.9 Å². The van der Waals surface area contributed by atoms with Gasteiger partial charge in [-0.05, 0) is 25.1 Å². The quantitative estimate of drug-likeness (QED) is 0.518. The molecule has 3 rings (SSSR count). The number of rotatable bonds is 9. The summed E-state index contributed by atoms with van der Waals surface area (Å²) in [6, 6.07) is 8.07. The highest BCUT2D eigenvalue weighted by molar-refractivity contribution is 5.78. The molecule has 170 valence electrons. The third-order valence-electron chi connectivity index (χ3n) is 4.98. The van der Waals surface area contributed by atoms with Gasteiger partial charge in [0.2, 0.25) is 11.7 Å². The molecule has 0 spiro atoms. The van der Waals surface area contributed by atoms with E-state index < -0.39 is 11.5 Å². The number of amides is 1. The largest absolute Gasteiger partial charge is 0.507 e. The van der Waals surface area contributed by atoms with E-state index in [1.165, 1.54) is 33.7 Å². The molecule has 3 aromatic rings. The Morgan fingerprint density at radius 2 is 1.88 bits per heavy atom. The SMILES string of the molecule is COc1ccc(C(CC(=O)NCc2ccco2)c2c(O)cc(C)oc2=O)c(OC)c1OC. The van der Waals surface area contributed by atoms with Crippen molar-refractivity contribution in [1.82, 2.24) is 5.32 Å². The van der Waals surface area contributed by atoms with E-state index in [2.05, 4.69) is 5.32 Å². The molecule has 0 aliphatic heterocycles. The minimum atomic E-state index is -0.891. The van der Waals surface area contributed by atoms with Crippen LogP contribution in [0.4, 0.5) is 0 Å². The van der Waals surface area contributed by atoms with Crippen LogP contribution in [0.2, 0.25) is 0 Å². The van der Waals surface area contributed by atoms with Gasteiger partial charge in [-0.1, -0.05) is 6.07 Å². The first-order chi connectivity index (χ1) is 15.4. The van der Waals surface area contributed by atoms with Gasteiger partial charge in [-0.3, -0.25) is 4.79 Å². The van der Waals surface area contributed by atoms with Crippen LogP contribution in [-0.2, 0) is 11.3 Å². The molecule has 0 radical (unpaired) electrons. The summed E-state index contributed by atoms with van der Waals surface area (Å²) >= 11 is 0. The number of benzene rings is 1. The number of nitrogens with one attached hydrogen (secondary N) is 1. The Labute approximate surface area is 184 Å². The zero-order valence-electron chi connectivity index (χ0n) is 18.3. The van der Waals surface area contributed by atoms with Crippen LogP contribution in [0.25, 0.3) is 0 Å². The first-order valence-electron chi connectivity index (χ1n) is 9.81. The van der Waals surface area contributed by atoms with Crippen LogP contribution in [0.3, 0.4) is 0 Å². The summed E-state index contributed by atoms with van der Waals surface area (Å²) in [5.41, 5.74) is -0.359. The Hall–Kier alpha value is -3.88. The van der Waals surface area contributed by atoms with Crippen LogP contribution in [0.15, 0.2) is 50.2 Å². The third-order valence-corrected chi connectivity index (χ3v) is 4.98. The summed E-state index contributed by atoms with van der Waals surface area (Å²) in [6.45, 7) is 1.73. The predicted octanol–water partition coefficient (Wildman–Crippen LogP) is 3.11. The minimum Gasteiger partial charge on any atom is -0.507 e. The Bertz CT molecular complexity index is 1130. The second kappa shape index (κ2) is 9.95. The molecule has 9 heteroatoms. The zero-order chi connectivity index (χ0) is 23.3. The van der Waals surface area contributed by atoms with Gasteiger partial charge in [-0.25, -0.2) is 4.79 Å². The van der Waals surface area contributed by atoms with Gasteiger partial charge in [0.05, 0.1) is 39.7 Å². The summed E-state index contributed by atoms with van der Waals surface area (Å²) in [7, 11) is 4.37. The third kappa shape index (κ3) is 4.72. The number of ether oxygens (including phenoxy) is 3. The Morgan fingerprint density at radius 1 is 1.12 bits per heavy atom. The molecule has 0 saturated carbocycles. The maximum absolute atomic E-state index is 12.8. The Balaban J connectivity index is 2.07. The monoisotopic (exact) mass is 443 g/mol. The van der Waals surface area contributed by atoms with Gasteiger partial charge < -0.3 is 33.5 Å². The molecule has 0 aliphatic carbocycles. The normalized spacial score (nSPS) is 11.6. The first-order valence-corrected chi connectivity index (χ1v) is 9.81. The minimum absolute atomic E-state index is 0.0609. The molecule has 9 nitrogen and oxygen atoms in total. The average molecular weight is 443 g/mol. The fourth-order valence-electron chi connectivity index (χ4n) is 3.55. The standard InChI is InChI=1S/C23H25NO8/c1-13-10-17(25)20(23(27)32-13)16(11-19(26)24-12-14-6-5-9-31-14)15-7-8-18(28-2)22(30-4)21(15)29-3/h5-10,16,25H,11-12H2,1-4H3,(H,24,26). The van der Waals surface area contributed by atoms with Crippen molar-refractivity contribution in [2.75, 3.05) is 21.3 Å². The van der Waals surface area contributed by atoms with Crippen molar-refractivity contribution in [3.63, 3.8) is 0 Å². The van der Waals surface area contributed by atoms with Crippen LogP contribution in [-0.4, -0.2) is 32.3 Å². The van der Waals surface area contributed by atoms with Gasteiger partial charge in [0, 0.05) is 24.0 Å². The number of methoxy groups -OCH3 is 3. The maximum Gasteiger partial charge on any atom is 0.343 e. The molecule has 0 aliphatic rings. The van der Waals surface area contributed by atoms with Crippen LogP contribution < -0.4 is 25.2 Å². The number of furan rings is 1. The number of hydrogen-bond acceptors (Lipinski definition) is 8. The molecular formula is C23H25NO8. The topological polar surface area (TPSA) is 120 Å². The van der Waals surface area contributed by atoms with Gasteiger partial charge in [0.25, 0.3) is 0 Å². The summed E-state index contributed by atoms with van der Waals surface area (Å²) < 4.78 is 26.7. The molecular weight excluding hydrogens is 418 g/mol. The van der Waals surface area contributed by atoms with E-state index >= 15 is 0 Å². The molecule has 2 N–H and O–H groups in total.